The number of ether oxygens (including phenoxy) is 1. The molecule has 1 aromatic carbocycles. The Labute approximate surface area is 113 Å². The molecule has 1 amide bonds. The minimum Gasteiger partial charge on any atom is -0.495 e. The number of amides is 1. The van der Waals surface area contributed by atoms with Crippen LogP contribution < -0.4 is 10.1 Å². The van der Waals surface area contributed by atoms with Gasteiger partial charge >= 0.3 is 0 Å². The Morgan fingerprint density at radius 2 is 2.17 bits per heavy atom. The molecule has 0 saturated heterocycles. The van der Waals surface area contributed by atoms with Crippen LogP contribution in [-0.2, 0) is 11.3 Å². The van der Waals surface area contributed by atoms with Crippen LogP contribution in [0.4, 0.5) is 5.69 Å². The van der Waals surface area contributed by atoms with Crippen LogP contribution in [0.1, 0.15) is 12.5 Å². The first-order chi connectivity index (χ1) is 8.43. The number of anilines is 1. The molecule has 0 radical (unpaired) electrons. The van der Waals surface area contributed by atoms with E-state index in [1.807, 2.05) is 32.3 Å². The molecule has 0 fully saturated rings. The number of nitrogens with zero attached hydrogens (tertiary/aromatic N) is 1. The second-order valence-electron chi connectivity index (χ2n) is 4.38. The Balaban J connectivity index is 2.95. The summed E-state index contributed by atoms with van der Waals surface area (Å²) in [6.45, 7) is 2.43. The van der Waals surface area contributed by atoms with Crippen molar-refractivity contribution in [2.45, 2.75) is 18.8 Å². The summed E-state index contributed by atoms with van der Waals surface area (Å²) in [4.78, 5) is 13.7. The van der Waals surface area contributed by atoms with Gasteiger partial charge in [0.2, 0.25) is 5.91 Å². The maximum absolute atomic E-state index is 11.6. The molecule has 4 nitrogen and oxygen atoms in total. The quantitative estimate of drug-likeness (QED) is 0.835. The van der Waals surface area contributed by atoms with Gasteiger partial charge in [-0.15, -0.1) is 11.6 Å². The maximum atomic E-state index is 11.6. The third kappa shape index (κ3) is 4.20. The van der Waals surface area contributed by atoms with Crippen LogP contribution in [-0.4, -0.2) is 37.4 Å². The Morgan fingerprint density at radius 1 is 1.50 bits per heavy atom. The van der Waals surface area contributed by atoms with Gasteiger partial charge in [-0.2, -0.15) is 0 Å². The van der Waals surface area contributed by atoms with Crippen LogP contribution in [0.3, 0.4) is 0 Å². The van der Waals surface area contributed by atoms with E-state index in [4.69, 9.17) is 16.3 Å². The van der Waals surface area contributed by atoms with Crippen molar-refractivity contribution in [2.24, 2.45) is 0 Å². The fraction of sp³-hybridized carbons (Fsp3) is 0.462. The molecule has 1 N–H and O–H groups in total. The molecule has 0 aliphatic rings. The second kappa shape index (κ2) is 6.61. The minimum absolute atomic E-state index is 0.239. The van der Waals surface area contributed by atoms with Crippen molar-refractivity contribution >= 4 is 23.2 Å². The lowest BCUT2D eigenvalue weighted by Crippen LogP contribution is -2.21. The van der Waals surface area contributed by atoms with Gasteiger partial charge in [0.25, 0.3) is 0 Å². The molecule has 0 aromatic heterocycles. The monoisotopic (exact) mass is 270 g/mol. The van der Waals surface area contributed by atoms with E-state index in [0.717, 1.165) is 12.1 Å². The van der Waals surface area contributed by atoms with Crippen molar-refractivity contribution in [3.63, 3.8) is 0 Å². The van der Waals surface area contributed by atoms with Crippen molar-refractivity contribution in [1.29, 1.82) is 0 Å². The zero-order valence-corrected chi connectivity index (χ0v) is 11.9. The molecular weight excluding hydrogens is 252 g/mol. The van der Waals surface area contributed by atoms with Gasteiger partial charge in [-0.25, -0.2) is 0 Å². The van der Waals surface area contributed by atoms with E-state index in [1.165, 1.54) is 0 Å². The first kappa shape index (κ1) is 14.8. The fourth-order valence-corrected chi connectivity index (χ4v) is 1.60. The number of hydrogen-bond acceptors (Lipinski definition) is 3. The molecule has 5 heteroatoms. The topological polar surface area (TPSA) is 41.6 Å². The number of alkyl halides is 1. The molecule has 0 heterocycles. The van der Waals surface area contributed by atoms with Gasteiger partial charge in [-0.05, 0) is 38.7 Å². The normalized spacial score (nSPS) is 12.3. The molecule has 0 spiro atoms. The first-order valence-electron chi connectivity index (χ1n) is 5.70. The minimum atomic E-state index is -0.577. The zero-order valence-electron chi connectivity index (χ0n) is 11.2. The lowest BCUT2D eigenvalue weighted by atomic mass is 10.1. The summed E-state index contributed by atoms with van der Waals surface area (Å²) in [7, 11) is 5.55. The molecule has 1 atom stereocenters. The number of hydrogen-bond donors (Lipinski definition) is 1. The summed E-state index contributed by atoms with van der Waals surface area (Å²) in [5.74, 6) is 0.389. The predicted molar refractivity (Wildman–Crippen MR) is 74.3 cm³/mol. The number of carbonyl (C=O) groups excluding carboxylic acids is 1. The highest BCUT2D eigenvalue weighted by molar-refractivity contribution is 6.32. The van der Waals surface area contributed by atoms with E-state index in [1.54, 1.807) is 14.0 Å². The number of nitrogens with one attached hydrogen (secondary N) is 1. The molecule has 1 rings (SSSR count). The number of rotatable bonds is 5. The van der Waals surface area contributed by atoms with Gasteiger partial charge in [0.1, 0.15) is 11.1 Å². The Morgan fingerprint density at radius 3 is 2.67 bits per heavy atom. The summed E-state index contributed by atoms with van der Waals surface area (Å²) in [6.07, 6.45) is 0. The lowest BCUT2D eigenvalue weighted by molar-refractivity contribution is -0.115. The van der Waals surface area contributed by atoms with Crippen LogP contribution in [0.25, 0.3) is 0 Å². The average molecular weight is 271 g/mol. The maximum Gasteiger partial charge on any atom is 0.242 e. The van der Waals surface area contributed by atoms with Crippen LogP contribution >= 0.6 is 11.6 Å². The van der Waals surface area contributed by atoms with Gasteiger partial charge in [0.05, 0.1) is 12.8 Å². The summed E-state index contributed by atoms with van der Waals surface area (Å²) in [6, 6.07) is 5.71. The van der Waals surface area contributed by atoms with E-state index >= 15 is 0 Å². The Bertz CT molecular complexity index is 419. The van der Waals surface area contributed by atoms with E-state index in [9.17, 15) is 4.79 Å². The third-order valence-electron chi connectivity index (χ3n) is 2.38. The molecule has 0 aliphatic carbocycles. The highest BCUT2D eigenvalue weighted by Gasteiger charge is 2.12. The summed E-state index contributed by atoms with van der Waals surface area (Å²) in [5.41, 5.74) is 1.74. The van der Waals surface area contributed by atoms with E-state index in [0.29, 0.717) is 11.4 Å². The van der Waals surface area contributed by atoms with Gasteiger partial charge in [-0.3, -0.25) is 4.79 Å². The number of methoxy groups -OCH3 is 1. The van der Waals surface area contributed by atoms with Crippen molar-refractivity contribution in [1.82, 2.24) is 4.90 Å². The van der Waals surface area contributed by atoms with Crippen LogP contribution in [0.5, 0.6) is 5.75 Å². The SMILES string of the molecule is COc1ccc(CN(C)C)cc1NC(=O)C(C)Cl. The highest BCUT2D eigenvalue weighted by Crippen LogP contribution is 2.26. The second-order valence-corrected chi connectivity index (χ2v) is 5.03. The summed E-state index contributed by atoms with van der Waals surface area (Å²) >= 11 is 5.74. The molecule has 1 unspecified atom stereocenters. The smallest absolute Gasteiger partial charge is 0.242 e. The number of carbonyl (C=O) groups is 1. The molecule has 0 saturated carbocycles. The lowest BCUT2D eigenvalue weighted by Gasteiger charge is -2.15. The number of halogens is 1. The average Bonchev–Trinajstić information content (AvgIpc) is 2.28. The summed E-state index contributed by atoms with van der Waals surface area (Å²) < 4.78 is 5.21. The van der Waals surface area contributed by atoms with Gasteiger partial charge < -0.3 is 15.0 Å². The largest absolute Gasteiger partial charge is 0.495 e. The Kier molecular flexibility index (Phi) is 5.44. The molecular formula is C13H19ClN2O2. The standard InChI is InChI=1S/C13H19ClN2O2/c1-9(14)13(17)15-11-7-10(8-16(2)3)5-6-12(11)18-4/h5-7,9H,8H2,1-4H3,(H,15,17). The van der Waals surface area contributed by atoms with E-state index in [-0.39, 0.29) is 5.91 Å². The molecule has 0 aliphatic heterocycles. The van der Waals surface area contributed by atoms with Crippen LogP contribution in [0, 0.1) is 0 Å². The molecule has 18 heavy (non-hydrogen) atoms. The molecule has 100 valence electrons. The van der Waals surface area contributed by atoms with Crippen molar-refractivity contribution in [2.75, 3.05) is 26.5 Å². The molecule has 0 bridgehead atoms. The Hall–Kier alpha value is -1.26. The fourth-order valence-electron chi connectivity index (χ4n) is 1.55. The van der Waals surface area contributed by atoms with E-state index in [2.05, 4.69) is 10.2 Å². The van der Waals surface area contributed by atoms with Crippen molar-refractivity contribution in [3.8, 4) is 5.75 Å². The third-order valence-corrected chi connectivity index (χ3v) is 2.58. The van der Waals surface area contributed by atoms with Crippen LogP contribution in [0.15, 0.2) is 18.2 Å². The number of benzene rings is 1. The zero-order chi connectivity index (χ0) is 13.7. The van der Waals surface area contributed by atoms with Gasteiger partial charge in [-0.1, -0.05) is 6.07 Å². The molecule has 1 aromatic rings. The van der Waals surface area contributed by atoms with Gasteiger partial charge in [0.15, 0.2) is 0 Å². The van der Waals surface area contributed by atoms with E-state index < -0.39 is 5.38 Å². The first-order valence-corrected chi connectivity index (χ1v) is 6.14. The highest BCUT2D eigenvalue weighted by atomic mass is 35.5. The van der Waals surface area contributed by atoms with Gasteiger partial charge in [0, 0.05) is 6.54 Å². The van der Waals surface area contributed by atoms with Crippen molar-refractivity contribution in [3.05, 3.63) is 23.8 Å². The van der Waals surface area contributed by atoms with Crippen LogP contribution in [0.2, 0.25) is 0 Å². The summed E-state index contributed by atoms with van der Waals surface area (Å²) in [5, 5.41) is 2.18. The van der Waals surface area contributed by atoms with Crippen molar-refractivity contribution < 1.29 is 9.53 Å². The predicted octanol–water partition coefficient (Wildman–Crippen LogP) is 2.32.